The predicted molar refractivity (Wildman–Crippen MR) is 76.9 cm³/mol. The third-order valence-electron chi connectivity index (χ3n) is 4.52. The molecular weight excluding hydrogens is 263 g/mol. The zero-order valence-corrected chi connectivity index (χ0v) is 12.6. The maximum Gasteiger partial charge on any atom is 0.126 e. The largest absolute Gasteiger partial charge is 0.389 e. The first-order chi connectivity index (χ1) is 8.72. The Morgan fingerprint density at radius 1 is 1.37 bits per heavy atom. The quantitative estimate of drug-likeness (QED) is 0.841. The van der Waals surface area contributed by atoms with Crippen molar-refractivity contribution in [1.29, 1.82) is 0 Å². The average Bonchev–Trinajstić information content (AvgIpc) is 2.30. The van der Waals surface area contributed by atoms with Crippen molar-refractivity contribution in [2.45, 2.75) is 52.1 Å². The van der Waals surface area contributed by atoms with Crippen LogP contribution in [0, 0.1) is 17.2 Å². The molecule has 0 aliphatic heterocycles. The fraction of sp³-hybridized carbons (Fsp3) is 0.625. The van der Waals surface area contributed by atoms with Crippen molar-refractivity contribution in [3.8, 4) is 0 Å². The van der Waals surface area contributed by atoms with Crippen molar-refractivity contribution in [3.05, 3.63) is 34.6 Å². The van der Waals surface area contributed by atoms with E-state index < -0.39 is 5.60 Å². The molecule has 0 radical (unpaired) electrons. The Labute approximate surface area is 119 Å². The van der Waals surface area contributed by atoms with Crippen LogP contribution < -0.4 is 0 Å². The fourth-order valence-electron chi connectivity index (χ4n) is 3.19. The van der Waals surface area contributed by atoms with Crippen LogP contribution in [0.15, 0.2) is 18.2 Å². The molecule has 1 saturated carbocycles. The molecule has 1 nitrogen and oxygen atoms in total. The molecule has 0 saturated heterocycles. The van der Waals surface area contributed by atoms with E-state index in [0.717, 1.165) is 12.8 Å². The summed E-state index contributed by atoms with van der Waals surface area (Å²) in [4.78, 5) is 0. The van der Waals surface area contributed by atoms with Gasteiger partial charge in [-0.25, -0.2) is 4.39 Å². The first-order valence-electron chi connectivity index (χ1n) is 6.88. The third-order valence-corrected chi connectivity index (χ3v) is 4.75. The first kappa shape index (κ1) is 14.8. The fourth-order valence-corrected chi connectivity index (χ4v) is 3.39. The molecule has 0 spiro atoms. The Morgan fingerprint density at radius 3 is 2.68 bits per heavy atom. The summed E-state index contributed by atoms with van der Waals surface area (Å²) in [6, 6.07) is 4.54. The SMILES string of the molecule is CC1CC(C)(C)CCC1(O)Cc1cc(Cl)ccc1F. The number of hydrogen-bond donors (Lipinski definition) is 1. The minimum atomic E-state index is -0.818. The Balaban J connectivity index is 2.20. The standard InChI is InChI=1S/C16H22ClFO/c1-11-9-15(2,3)6-7-16(11,19)10-12-8-13(17)4-5-14(12)18/h4-5,8,11,19H,6-7,9-10H2,1-3H3. The molecule has 2 rings (SSSR count). The molecule has 1 aliphatic carbocycles. The first-order valence-corrected chi connectivity index (χ1v) is 7.26. The maximum absolute atomic E-state index is 13.8. The van der Waals surface area contributed by atoms with E-state index in [-0.39, 0.29) is 17.2 Å². The minimum Gasteiger partial charge on any atom is -0.389 e. The molecule has 1 fully saturated rings. The molecule has 1 N–H and O–H groups in total. The van der Waals surface area contributed by atoms with Gasteiger partial charge < -0.3 is 5.11 Å². The lowest BCUT2D eigenvalue weighted by molar-refractivity contribution is -0.0708. The van der Waals surface area contributed by atoms with Gasteiger partial charge in [-0.05, 0) is 54.4 Å². The molecule has 1 aromatic rings. The molecule has 19 heavy (non-hydrogen) atoms. The predicted octanol–water partition coefficient (Wildman–Crippen LogP) is 4.60. The number of aliphatic hydroxyl groups is 1. The molecule has 2 atom stereocenters. The molecule has 0 bridgehead atoms. The second kappa shape index (κ2) is 5.06. The van der Waals surface area contributed by atoms with Gasteiger partial charge in [-0.2, -0.15) is 0 Å². The highest BCUT2D eigenvalue weighted by atomic mass is 35.5. The molecule has 1 aliphatic rings. The summed E-state index contributed by atoms with van der Waals surface area (Å²) in [5.41, 5.74) is -0.0407. The van der Waals surface area contributed by atoms with E-state index in [0.29, 0.717) is 23.4 Å². The smallest absolute Gasteiger partial charge is 0.126 e. The Bertz CT molecular complexity index is 472. The van der Waals surface area contributed by atoms with E-state index in [1.54, 1.807) is 6.07 Å². The molecule has 0 amide bonds. The number of rotatable bonds is 2. The van der Waals surface area contributed by atoms with Crippen LogP contribution in [-0.2, 0) is 6.42 Å². The summed E-state index contributed by atoms with van der Waals surface area (Å²) >= 11 is 5.91. The van der Waals surface area contributed by atoms with Crippen LogP contribution in [0.3, 0.4) is 0 Å². The van der Waals surface area contributed by atoms with E-state index in [4.69, 9.17) is 11.6 Å². The highest BCUT2D eigenvalue weighted by molar-refractivity contribution is 6.30. The molecular formula is C16H22ClFO. The van der Waals surface area contributed by atoms with Gasteiger partial charge in [-0.1, -0.05) is 32.4 Å². The van der Waals surface area contributed by atoms with E-state index in [2.05, 4.69) is 20.8 Å². The second-order valence-electron chi connectivity index (χ2n) is 6.79. The number of halogens is 2. The van der Waals surface area contributed by atoms with Crippen LogP contribution in [0.25, 0.3) is 0 Å². The van der Waals surface area contributed by atoms with Crippen molar-refractivity contribution in [2.75, 3.05) is 0 Å². The van der Waals surface area contributed by atoms with Gasteiger partial charge in [0, 0.05) is 11.4 Å². The Kier molecular flexibility index (Phi) is 3.95. The topological polar surface area (TPSA) is 20.2 Å². The van der Waals surface area contributed by atoms with Crippen molar-refractivity contribution >= 4 is 11.6 Å². The van der Waals surface area contributed by atoms with Crippen molar-refractivity contribution in [2.24, 2.45) is 11.3 Å². The van der Waals surface area contributed by atoms with E-state index >= 15 is 0 Å². The Hall–Kier alpha value is -0.600. The van der Waals surface area contributed by atoms with Gasteiger partial charge in [0.25, 0.3) is 0 Å². The zero-order chi connectivity index (χ0) is 14.3. The van der Waals surface area contributed by atoms with Gasteiger partial charge in [-0.15, -0.1) is 0 Å². The average molecular weight is 285 g/mol. The molecule has 0 heterocycles. The van der Waals surface area contributed by atoms with Gasteiger partial charge in [0.15, 0.2) is 0 Å². The van der Waals surface area contributed by atoms with Crippen LogP contribution in [0.1, 0.15) is 45.6 Å². The summed E-state index contributed by atoms with van der Waals surface area (Å²) in [5.74, 6) is -0.121. The molecule has 1 aromatic carbocycles. The van der Waals surface area contributed by atoms with Crippen LogP contribution in [0.5, 0.6) is 0 Å². The van der Waals surface area contributed by atoms with Gasteiger partial charge in [0.1, 0.15) is 5.82 Å². The van der Waals surface area contributed by atoms with E-state index in [9.17, 15) is 9.50 Å². The highest BCUT2D eigenvalue weighted by Crippen LogP contribution is 2.45. The maximum atomic E-state index is 13.8. The van der Waals surface area contributed by atoms with Gasteiger partial charge >= 0.3 is 0 Å². The number of benzene rings is 1. The normalized spacial score (nSPS) is 30.3. The summed E-state index contributed by atoms with van der Waals surface area (Å²) in [6.07, 6.45) is 2.99. The molecule has 0 aromatic heterocycles. The summed E-state index contributed by atoms with van der Waals surface area (Å²) in [5, 5.41) is 11.3. The lowest BCUT2D eigenvalue weighted by Gasteiger charge is -2.45. The van der Waals surface area contributed by atoms with E-state index in [1.165, 1.54) is 12.1 Å². The van der Waals surface area contributed by atoms with Crippen molar-refractivity contribution < 1.29 is 9.50 Å². The lowest BCUT2D eigenvalue weighted by Crippen LogP contribution is -2.45. The van der Waals surface area contributed by atoms with E-state index in [1.807, 2.05) is 0 Å². The van der Waals surface area contributed by atoms with Gasteiger partial charge in [0.05, 0.1) is 5.60 Å². The van der Waals surface area contributed by atoms with Gasteiger partial charge in [0.2, 0.25) is 0 Å². The van der Waals surface area contributed by atoms with Crippen LogP contribution in [-0.4, -0.2) is 10.7 Å². The molecule has 2 unspecified atom stereocenters. The Morgan fingerprint density at radius 2 is 2.05 bits per heavy atom. The number of hydrogen-bond acceptors (Lipinski definition) is 1. The minimum absolute atomic E-state index is 0.162. The van der Waals surface area contributed by atoms with Crippen molar-refractivity contribution in [1.82, 2.24) is 0 Å². The third kappa shape index (κ3) is 3.29. The van der Waals surface area contributed by atoms with Gasteiger partial charge in [-0.3, -0.25) is 0 Å². The monoisotopic (exact) mass is 284 g/mol. The van der Waals surface area contributed by atoms with Crippen LogP contribution in [0.4, 0.5) is 4.39 Å². The summed E-state index contributed by atoms with van der Waals surface area (Å²) in [7, 11) is 0. The lowest BCUT2D eigenvalue weighted by atomic mass is 9.64. The second-order valence-corrected chi connectivity index (χ2v) is 7.22. The summed E-state index contributed by atoms with van der Waals surface area (Å²) in [6.45, 7) is 6.51. The zero-order valence-electron chi connectivity index (χ0n) is 11.8. The van der Waals surface area contributed by atoms with Crippen LogP contribution >= 0.6 is 11.6 Å². The van der Waals surface area contributed by atoms with Crippen molar-refractivity contribution in [3.63, 3.8) is 0 Å². The van der Waals surface area contributed by atoms with Crippen LogP contribution in [0.2, 0.25) is 5.02 Å². The molecule has 3 heteroatoms. The highest BCUT2D eigenvalue weighted by Gasteiger charge is 2.42. The summed E-state index contributed by atoms with van der Waals surface area (Å²) < 4.78 is 13.8. The molecule has 106 valence electrons.